The number of para-hydroxylation sites is 1. The van der Waals surface area contributed by atoms with Crippen molar-refractivity contribution in [3.05, 3.63) is 47.5 Å². The molecular formula is C22H23N3O5. The Balaban J connectivity index is 1.79. The largest absolute Gasteiger partial charge is 0.493 e. The number of ether oxygens (including phenoxy) is 2. The minimum Gasteiger partial charge on any atom is -0.493 e. The topological polar surface area (TPSA) is 88.2 Å². The highest BCUT2D eigenvalue weighted by Crippen LogP contribution is 2.44. The molecule has 2 aliphatic heterocycles. The van der Waals surface area contributed by atoms with E-state index >= 15 is 0 Å². The van der Waals surface area contributed by atoms with E-state index in [1.807, 2.05) is 6.92 Å². The van der Waals surface area contributed by atoms with Crippen molar-refractivity contribution < 1.29 is 23.9 Å². The predicted octanol–water partition coefficient (Wildman–Crippen LogP) is 2.56. The predicted molar refractivity (Wildman–Crippen MR) is 111 cm³/mol. The van der Waals surface area contributed by atoms with Gasteiger partial charge >= 0.3 is 0 Å². The number of aryl methyl sites for hydroxylation is 1. The van der Waals surface area contributed by atoms with Gasteiger partial charge in [-0.1, -0.05) is 12.1 Å². The van der Waals surface area contributed by atoms with Crippen molar-refractivity contribution in [1.29, 1.82) is 0 Å². The number of methoxy groups -OCH3 is 2. The van der Waals surface area contributed by atoms with Gasteiger partial charge in [0.1, 0.15) is 0 Å². The Morgan fingerprint density at radius 3 is 2.47 bits per heavy atom. The maximum Gasteiger partial charge on any atom is 0.271 e. The van der Waals surface area contributed by atoms with Gasteiger partial charge in [0.05, 0.1) is 25.5 Å². The molecule has 1 fully saturated rings. The van der Waals surface area contributed by atoms with Gasteiger partial charge in [-0.25, -0.2) is 0 Å². The second-order valence-corrected chi connectivity index (χ2v) is 7.40. The highest BCUT2D eigenvalue weighted by atomic mass is 16.5. The highest BCUT2D eigenvalue weighted by Gasteiger charge is 2.59. The average molecular weight is 409 g/mol. The molecule has 30 heavy (non-hydrogen) atoms. The molecule has 156 valence electrons. The minimum atomic E-state index is -1.43. The molecule has 0 aliphatic carbocycles. The Morgan fingerprint density at radius 1 is 1.10 bits per heavy atom. The Labute approximate surface area is 174 Å². The molecule has 1 saturated heterocycles. The van der Waals surface area contributed by atoms with Crippen LogP contribution in [0.15, 0.2) is 36.4 Å². The van der Waals surface area contributed by atoms with E-state index in [0.29, 0.717) is 28.4 Å². The molecule has 3 amide bonds. The molecule has 0 spiro atoms. The second kappa shape index (κ2) is 7.05. The number of carbonyl (C=O) groups is 3. The van der Waals surface area contributed by atoms with Crippen LogP contribution in [0.25, 0.3) is 0 Å². The Bertz CT molecular complexity index is 1070. The van der Waals surface area contributed by atoms with Crippen molar-refractivity contribution in [3.63, 3.8) is 0 Å². The monoisotopic (exact) mass is 409 g/mol. The number of rotatable bonds is 4. The Hall–Kier alpha value is -3.55. The normalized spacial score (nSPS) is 20.0. The van der Waals surface area contributed by atoms with E-state index in [0.717, 1.165) is 5.56 Å². The highest BCUT2D eigenvalue weighted by molar-refractivity contribution is 6.18. The molecule has 0 bridgehead atoms. The fraction of sp³-hybridized carbons (Fsp3) is 0.318. The smallest absolute Gasteiger partial charge is 0.271 e. The molecule has 0 unspecified atom stereocenters. The quantitative estimate of drug-likeness (QED) is 0.839. The molecule has 8 nitrogen and oxygen atoms in total. The van der Waals surface area contributed by atoms with Gasteiger partial charge in [-0.05, 0) is 30.7 Å². The first-order valence-electron chi connectivity index (χ1n) is 9.59. The van der Waals surface area contributed by atoms with Crippen LogP contribution in [0.1, 0.15) is 28.8 Å². The van der Waals surface area contributed by atoms with E-state index in [-0.39, 0.29) is 24.7 Å². The van der Waals surface area contributed by atoms with Gasteiger partial charge < -0.3 is 19.7 Å². The summed E-state index contributed by atoms with van der Waals surface area (Å²) in [5.74, 6) is 0.0714. The zero-order chi connectivity index (χ0) is 21.6. The average Bonchev–Trinajstić information content (AvgIpc) is 3.11. The van der Waals surface area contributed by atoms with Crippen molar-refractivity contribution in [1.82, 2.24) is 4.90 Å². The first-order chi connectivity index (χ1) is 14.3. The molecule has 8 heteroatoms. The number of hydrogen-bond donors (Lipinski definition) is 1. The number of anilines is 2. The minimum absolute atomic E-state index is 0.171. The molecule has 0 radical (unpaired) electrons. The number of carbonyl (C=O) groups excluding carboxylic acids is 3. The third-order valence-electron chi connectivity index (χ3n) is 5.88. The van der Waals surface area contributed by atoms with Crippen molar-refractivity contribution in [2.24, 2.45) is 0 Å². The van der Waals surface area contributed by atoms with E-state index < -0.39 is 11.6 Å². The van der Waals surface area contributed by atoms with Crippen LogP contribution in [0.2, 0.25) is 0 Å². The summed E-state index contributed by atoms with van der Waals surface area (Å²) in [6, 6.07) is 10.3. The van der Waals surface area contributed by atoms with E-state index in [2.05, 4.69) is 5.32 Å². The molecule has 2 heterocycles. The lowest BCUT2D eigenvalue weighted by Crippen LogP contribution is -2.68. The molecule has 0 saturated carbocycles. The van der Waals surface area contributed by atoms with Crippen LogP contribution in [-0.2, 0) is 9.59 Å². The molecule has 1 atom stereocenters. The Kier molecular flexibility index (Phi) is 4.64. The number of nitrogens with zero attached hydrogens (tertiary/aromatic N) is 2. The second-order valence-electron chi connectivity index (χ2n) is 7.40. The molecule has 2 aliphatic rings. The molecule has 2 aromatic rings. The number of nitrogens with one attached hydrogen (secondary N) is 1. The number of amides is 3. The fourth-order valence-electron chi connectivity index (χ4n) is 4.27. The molecule has 4 rings (SSSR count). The van der Waals surface area contributed by atoms with Crippen molar-refractivity contribution in [2.45, 2.75) is 25.4 Å². The summed E-state index contributed by atoms with van der Waals surface area (Å²) in [7, 11) is 4.61. The molecule has 2 aromatic carbocycles. The van der Waals surface area contributed by atoms with E-state index in [1.54, 1.807) is 43.4 Å². The molecular weight excluding hydrogens is 386 g/mol. The molecule has 0 aromatic heterocycles. The Morgan fingerprint density at radius 2 is 1.77 bits per heavy atom. The van der Waals surface area contributed by atoms with Crippen molar-refractivity contribution >= 4 is 29.1 Å². The molecule has 1 N–H and O–H groups in total. The third-order valence-corrected chi connectivity index (χ3v) is 5.88. The van der Waals surface area contributed by atoms with Gasteiger partial charge in [0.2, 0.25) is 11.6 Å². The van der Waals surface area contributed by atoms with Gasteiger partial charge in [-0.3, -0.25) is 19.3 Å². The summed E-state index contributed by atoms with van der Waals surface area (Å²) in [4.78, 5) is 42.3. The van der Waals surface area contributed by atoms with E-state index in [9.17, 15) is 14.4 Å². The van der Waals surface area contributed by atoms with E-state index in [1.165, 1.54) is 24.0 Å². The van der Waals surface area contributed by atoms with Crippen LogP contribution >= 0.6 is 0 Å². The first kappa shape index (κ1) is 19.8. The maximum absolute atomic E-state index is 13.6. The lowest BCUT2D eigenvalue weighted by Gasteiger charge is -2.47. The van der Waals surface area contributed by atoms with Crippen molar-refractivity contribution in [3.8, 4) is 11.5 Å². The summed E-state index contributed by atoms with van der Waals surface area (Å²) < 4.78 is 10.6. The zero-order valence-electron chi connectivity index (χ0n) is 17.3. The van der Waals surface area contributed by atoms with Gasteiger partial charge in [0.25, 0.3) is 11.8 Å². The van der Waals surface area contributed by atoms with Crippen LogP contribution in [-0.4, -0.2) is 49.6 Å². The number of fused-ring (bicyclic) bond motifs is 3. The van der Waals surface area contributed by atoms with Gasteiger partial charge in [-0.2, -0.15) is 0 Å². The first-order valence-corrected chi connectivity index (χ1v) is 9.59. The van der Waals surface area contributed by atoms with Crippen LogP contribution in [0.5, 0.6) is 11.5 Å². The van der Waals surface area contributed by atoms with Gasteiger partial charge in [-0.15, -0.1) is 0 Å². The lowest BCUT2D eigenvalue weighted by molar-refractivity contribution is -0.128. The van der Waals surface area contributed by atoms with Crippen LogP contribution < -0.4 is 19.7 Å². The lowest BCUT2D eigenvalue weighted by atomic mass is 9.96. The van der Waals surface area contributed by atoms with Crippen molar-refractivity contribution in [2.75, 3.05) is 31.5 Å². The van der Waals surface area contributed by atoms with E-state index in [4.69, 9.17) is 9.47 Å². The summed E-state index contributed by atoms with van der Waals surface area (Å²) in [6.07, 6.45) is 0.380. The fourth-order valence-corrected chi connectivity index (χ4v) is 4.27. The van der Waals surface area contributed by atoms with Crippen LogP contribution in [0, 0.1) is 6.92 Å². The third kappa shape index (κ3) is 2.63. The summed E-state index contributed by atoms with van der Waals surface area (Å²) >= 11 is 0. The zero-order valence-corrected chi connectivity index (χ0v) is 17.3. The van der Waals surface area contributed by atoms with Crippen LogP contribution in [0.4, 0.5) is 11.4 Å². The van der Waals surface area contributed by atoms with Crippen LogP contribution in [0.3, 0.4) is 0 Å². The summed E-state index contributed by atoms with van der Waals surface area (Å²) in [6.45, 7) is 1.83. The number of likely N-dealkylation sites (N-methyl/N-ethyl adjacent to an activating group) is 1. The maximum atomic E-state index is 13.6. The SMILES string of the molecule is COc1cc(C)c(NC(=O)[C@@]23CCC(=O)N2c2ccccc2C(=O)N3C)cc1OC. The summed E-state index contributed by atoms with van der Waals surface area (Å²) in [5.41, 5.74) is 0.718. The summed E-state index contributed by atoms with van der Waals surface area (Å²) in [5, 5.41) is 2.91. The standard InChI is InChI=1S/C22H23N3O5/c1-13-11-17(29-3)18(30-4)12-15(13)23-21(28)22-10-9-19(26)25(22)16-8-6-5-7-14(16)20(27)24(22)2/h5-8,11-12H,9-10H2,1-4H3,(H,23,28)/t22-/m1/s1. The number of benzene rings is 2. The van der Waals surface area contributed by atoms with Gasteiger partial charge in [0.15, 0.2) is 11.5 Å². The number of hydrogen-bond acceptors (Lipinski definition) is 5. The van der Waals surface area contributed by atoms with Gasteiger partial charge in [0, 0.05) is 31.6 Å².